The fourth-order valence-electron chi connectivity index (χ4n) is 1.14. The van der Waals surface area contributed by atoms with Gasteiger partial charge in [-0.15, -0.1) is 0 Å². The zero-order valence-corrected chi connectivity index (χ0v) is 10.4. The highest BCUT2D eigenvalue weighted by molar-refractivity contribution is 6.31. The van der Waals surface area contributed by atoms with Crippen LogP contribution in [-0.4, -0.2) is 19.2 Å². The Morgan fingerprint density at radius 3 is 2.94 bits per heavy atom. The summed E-state index contributed by atoms with van der Waals surface area (Å²) in [5.74, 6) is 0.0817. The van der Waals surface area contributed by atoms with E-state index in [0.717, 1.165) is 0 Å². The van der Waals surface area contributed by atoms with E-state index in [4.69, 9.17) is 16.3 Å². The van der Waals surface area contributed by atoms with Gasteiger partial charge in [-0.1, -0.05) is 17.7 Å². The highest BCUT2D eigenvalue weighted by Gasteiger charge is 2.11. The number of hydrogen-bond acceptors (Lipinski definition) is 3. The highest BCUT2D eigenvalue weighted by Crippen LogP contribution is 2.22. The summed E-state index contributed by atoms with van der Waals surface area (Å²) in [6, 6.07) is 4.81. The van der Waals surface area contributed by atoms with E-state index in [9.17, 15) is 4.79 Å². The first-order valence-electron chi connectivity index (χ1n) is 4.97. The number of hydrazone groups is 1. The summed E-state index contributed by atoms with van der Waals surface area (Å²) in [6.07, 6.45) is 4.99. The lowest BCUT2D eigenvalue weighted by Crippen LogP contribution is -2.18. The van der Waals surface area contributed by atoms with E-state index in [2.05, 4.69) is 10.5 Å². The molecule has 0 aromatic heterocycles. The van der Waals surface area contributed by atoms with Gasteiger partial charge in [-0.2, -0.15) is 5.10 Å². The highest BCUT2D eigenvalue weighted by atomic mass is 35.5. The molecule has 17 heavy (non-hydrogen) atoms. The summed E-state index contributed by atoms with van der Waals surface area (Å²) >= 11 is 5.82. The lowest BCUT2D eigenvalue weighted by Gasteiger charge is -2.06. The maximum atomic E-state index is 11.8. The predicted octanol–water partition coefficient (Wildman–Crippen LogP) is 2.64. The second-order valence-corrected chi connectivity index (χ2v) is 3.53. The van der Waals surface area contributed by atoms with Crippen molar-refractivity contribution in [2.75, 3.05) is 7.11 Å². The Morgan fingerprint density at radius 2 is 2.29 bits per heavy atom. The Hall–Kier alpha value is -1.81. The summed E-state index contributed by atoms with van der Waals surface area (Å²) < 4.78 is 5.06. The summed E-state index contributed by atoms with van der Waals surface area (Å²) in [6.45, 7) is 1.85. The molecule has 0 saturated heterocycles. The molecule has 0 bridgehead atoms. The number of rotatable bonds is 4. The van der Waals surface area contributed by atoms with E-state index >= 15 is 0 Å². The van der Waals surface area contributed by atoms with Crippen molar-refractivity contribution in [2.24, 2.45) is 5.10 Å². The standard InChI is InChI=1S/C12H13ClN2O2/c1-3-4-7-14-15-12(16)10-8-9(13)5-6-11(10)17-2/h3-8H,1-2H3,(H,15,16). The molecule has 4 nitrogen and oxygen atoms in total. The van der Waals surface area contributed by atoms with E-state index in [-0.39, 0.29) is 5.91 Å². The summed E-state index contributed by atoms with van der Waals surface area (Å²) in [7, 11) is 1.49. The number of allylic oxidation sites excluding steroid dienone is 2. The number of hydrogen-bond donors (Lipinski definition) is 1. The van der Waals surface area contributed by atoms with Gasteiger partial charge in [0.05, 0.1) is 12.7 Å². The summed E-state index contributed by atoms with van der Waals surface area (Å²) in [5.41, 5.74) is 2.72. The van der Waals surface area contributed by atoms with Crippen molar-refractivity contribution < 1.29 is 9.53 Å². The van der Waals surface area contributed by atoms with Crippen LogP contribution >= 0.6 is 11.6 Å². The molecule has 1 aromatic carbocycles. The Kier molecular flexibility index (Phi) is 5.23. The minimum atomic E-state index is -0.370. The largest absolute Gasteiger partial charge is 0.496 e. The van der Waals surface area contributed by atoms with Gasteiger partial charge in [-0.3, -0.25) is 4.79 Å². The van der Waals surface area contributed by atoms with Crippen molar-refractivity contribution in [3.63, 3.8) is 0 Å². The molecule has 0 heterocycles. The quantitative estimate of drug-likeness (QED) is 0.662. The Labute approximate surface area is 105 Å². The Balaban J connectivity index is 2.84. The van der Waals surface area contributed by atoms with Crippen molar-refractivity contribution in [1.29, 1.82) is 0 Å². The van der Waals surface area contributed by atoms with Gasteiger partial charge in [0, 0.05) is 11.2 Å². The second kappa shape index (κ2) is 6.70. The average Bonchev–Trinajstić information content (AvgIpc) is 2.34. The molecular weight excluding hydrogens is 240 g/mol. The zero-order valence-electron chi connectivity index (χ0n) is 9.61. The molecule has 1 N–H and O–H groups in total. The molecule has 0 aliphatic rings. The van der Waals surface area contributed by atoms with Crippen LogP contribution in [0.5, 0.6) is 5.75 Å². The van der Waals surface area contributed by atoms with Gasteiger partial charge in [0.15, 0.2) is 0 Å². The van der Waals surface area contributed by atoms with Crippen LogP contribution in [0.25, 0.3) is 0 Å². The molecule has 0 aliphatic carbocycles. The minimum absolute atomic E-state index is 0.345. The fourth-order valence-corrected chi connectivity index (χ4v) is 1.31. The molecule has 1 amide bonds. The normalized spacial score (nSPS) is 11.0. The van der Waals surface area contributed by atoms with Crippen LogP contribution in [0.2, 0.25) is 5.02 Å². The van der Waals surface area contributed by atoms with Gasteiger partial charge in [-0.05, 0) is 31.2 Å². The van der Waals surface area contributed by atoms with Crippen molar-refractivity contribution in [3.05, 3.63) is 40.9 Å². The number of amides is 1. The number of carbonyl (C=O) groups excluding carboxylic acids is 1. The van der Waals surface area contributed by atoms with Crippen LogP contribution in [0.15, 0.2) is 35.5 Å². The van der Waals surface area contributed by atoms with Crippen LogP contribution in [-0.2, 0) is 0 Å². The van der Waals surface area contributed by atoms with E-state index in [0.29, 0.717) is 16.3 Å². The Morgan fingerprint density at radius 1 is 1.53 bits per heavy atom. The molecule has 1 rings (SSSR count). The average molecular weight is 253 g/mol. The van der Waals surface area contributed by atoms with Gasteiger partial charge >= 0.3 is 0 Å². The lowest BCUT2D eigenvalue weighted by molar-refractivity contribution is 0.0952. The SMILES string of the molecule is CC=CC=NNC(=O)c1cc(Cl)ccc1OC. The third-order valence-electron chi connectivity index (χ3n) is 1.93. The zero-order chi connectivity index (χ0) is 12.7. The summed E-state index contributed by atoms with van der Waals surface area (Å²) in [5, 5.41) is 4.20. The third kappa shape index (κ3) is 3.92. The number of nitrogens with one attached hydrogen (secondary N) is 1. The van der Waals surface area contributed by atoms with Crippen LogP contribution < -0.4 is 10.2 Å². The molecule has 0 atom stereocenters. The first-order valence-corrected chi connectivity index (χ1v) is 5.35. The molecule has 0 spiro atoms. The molecule has 0 saturated carbocycles. The number of carbonyl (C=O) groups is 1. The van der Waals surface area contributed by atoms with Gasteiger partial charge in [0.1, 0.15) is 5.75 Å². The number of nitrogens with zero attached hydrogens (tertiary/aromatic N) is 1. The molecule has 0 radical (unpaired) electrons. The molecule has 0 fully saturated rings. The molecule has 0 aliphatic heterocycles. The van der Waals surface area contributed by atoms with Crippen LogP contribution in [0.1, 0.15) is 17.3 Å². The van der Waals surface area contributed by atoms with Crippen molar-refractivity contribution in [1.82, 2.24) is 5.43 Å². The monoisotopic (exact) mass is 252 g/mol. The first-order chi connectivity index (χ1) is 8.19. The van der Waals surface area contributed by atoms with E-state index in [1.807, 2.05) is 6.92 Å². The maximum Gasteiger partial charge on any atom is 0.275 e. The van der Waals surface area contributed by atoms with E-state index in [1.165, 1.54) is 19.4 Å². The van der Waals surface area contributed by atoms with Crippen molar-refractivity contribution >= 4 is 23.7 Å². The van der Waals surface area contributed by atoms with E-state index in [1.54, 1.807) is 24.3 Å². The number of benzene rings is 1. The third-order valence-corrected chi connectivity index (χ3v) is 2.16. The van der Waals surface area contributed by atoms with Crippen LogP contribution in [0.4, 0.5) is 0 Å². The minimum Gasteiger partial charge on any atom is -0.496 e. The second-order valence-electron chi connectivity index (χ2n) is 3.09. The van der Waals surface area contributed by atoms with Crippen molar-refractivity contribution in [2.45, 2.75) is 6.92 Å². The van der Waals surface area contributed by atoms with Crippen molar-refractivity contribution in [3.8, 4) is 5.75 Å². The molecular formula is C12H13ClN2O2. The number of methoxy groups -OCH3 is 1. The summed E-state index contributed by atoms with van der Waals surface area (Å²) in [4.78, 5) is 11.8. The topological polar surface area (TPSA) is 50.7 Å². The smallest absolute Gasteiger partial charge is 0.275 e. The maximum absolute atomic E-state index is 11.8. The molecule has 0 unspecified atom stereocenters. The lowest BCUT2D eigenvalue weighted by atomic mass is 10.2. The van der Waals surface area contributed by atoms with Crippen LogP contribution in [0.3, 0.4) is 0 Å². The first kappa shape index (κ1) is 13.3. The van der Waals surface area contributed by atoms with E-state index < -0.39 is 0 Å². The predicted molar refractivity (Wildman–Crippen MR) is 68.8 cm³/mol. The Bertz CT molecular complexity index is 456. The van der Waals surface area contributed by atoms with Gasteiger partial charge in [-0.25, -0.2) is 5.43 Å². The van der Waals surface area contributed by atoms with Gasteiger partial charge < -0.3 is 4.74 Å². The molecule has 90 valence electrons. The van der Waals surface area contributed by atoms with Gasteiger partial charge in [0.2, 0.25) is 0 Å². The fraction of sp³-hybridized carbons (Fsp3) is 0.167. The molecule has 5 heteroatoms. The molecule has 1 aromatic rings. The van der Waals surface area contributed by atoms with Gasteiger partial charge in [0.25, 0.3) is 5.91 Å². The number of ether oxygens (including phenoxy) is 1. The number of halogens is 1. The van der Waals surface area contributed by atoms with Crippen LogP contribution in [0, 0.1) is 0 Å².